The van der Waals surface area contributed by atoms with Gasteiger partial charge in [-0.25, -0.2) is 13.1 Å². The van der Waals surface area contributed by atoms with Gasteiger partial charge in [0.1, 0.15) is 6.54 Å². The van der Waals surface area contributed by atoms with Gasteiger partial charge in [-0.05, 0) is 43.2 Å². The van der Waals surface area contributed by atoms with E-state index in [4.69, 9.17) is 0 Å². The fraction of sp³-hybridized carbons (Fsp3) is 0.227. The fourth-order valence-corrected chi connectivity index (χ4v) is 4.97. The molecular weight excluding hydrogens is 416 g/mol. The van der Waals surface area contributed by atoms with E-state index < -0.39 is 15.9 Å². The Morgan fingerprint density at radius 1 is 0.935 bits per heavy atom. The van der Waals surface area contributed by atoms with Gasteiger partial charge in [0.15, 0.2) is 0 Å². The lowest BCUT2D eigenvalue weighted by Crippen LogP contribution is -2.29. The summed E-state index contributed by atoms with van der Waals surface area (Å²) in [6.07, 6.45) is 1.73. The Labute approximate surface area is 180 Å². The first-order valence-corrected chi connectivity index (χ1v) is 11.4. The number of nitrogens with one attached hydrogen (secondary N) is 1. The molecule has 1 saturated heterocycles. The lowest BCUT2D eigenvalue weighted by atomic mass is 10.1. The van der Waals surface area contributed by atoms with Gasteiger partial charge in [0, 0.05) is 30.4 Å². The standard InChI is InChI=1S/C22H22N4O4S/c27-21(16-26-22(28)13-12-20(24-26)17-6-2-1-3-7-17)23-18-8-10-19(11-9-18)31(29,30)25-14-4-5-15-25/h1-3,6-13H,4-5,14-16H2,(H,23,27). The Morgan fingerprint density at radius 2 is 1.61 bits per heavy atom. The Balaban J connectivity index is 1.45. The normalized spacial score (nSPS) is 14.5. The molecule has 4 rings (SSSR count). The highest BCUT2D eigenvalue weighted by Gasteiger charge is 2.26. The second-order valence-electron chi connectivity index (χ2n) is 7.26. The summed E-state index contributed by atoms with van der Waals surface area (Å²) in [7, 11) is -3.50. The van der Waals surface area contributed by atoms with Crippen LogP contribution in [0.4, 0.5) is 5.69 Å². The van der Waals surface area contributed by atoms with Gasteiger partial charge in [0.05, 0.1) is 10.6 Å². The fourth-order valence-electron chi connectivity index (χ4n) is 3.45. The molecule has 160 valence electrons. The third-order valence-corrected chi connectivity index (χ3v) is 6.98. The maximum absolute atomic E-state index is 12.6. The van der Waals surface area contributed by atoms with Crippen molar-refractivity contribution < 1.29 is 13.2 Å². The van der Waals surface area contributed by atoms with Crippen LogP contribution in [-0.2, 0) is 21.4 Å². The van der Waals surface area contributed by atoms with Gasteiger partial charge in [-0.15, -0.1) is 0 Å². The SMILES string of the molecule is O=C(Cn1nc(-c2ccccc2)ccc1=O)Nc1ccc(S(=O)(=O)N2CCCC2)cc1. The third kappa shape index (κ3) is 4.73. The van der Waals surface area contributed by atoms with Gasteiger partial charge >= 0.3 is 0 Å². The van der Waals surface area contributed by atoms with E-state index >= 15 is 0 Å². The van der Waals surface area contributed by atoms with E-state index in [9.17, 15) is 18.0 Å². The Morgan fingerprint density at radius 3 is 2.29 bits per heavy atom. The molecule has 0 bridgehead atoms. The van der Waals surface area contributed by atoms with E-state index in [0.29, 0.717) is 24.5 Å². The van der Waals surface area contributed by atoms with Crippen LogP contribution in [0.2, 0.25) is 0 Å². The summed E-state index contributed by atoms with van der Waals surface area (Å²) in [5, 5.41) is 6.95. The van der Waals surface area contributed by atoms with Crippen LogP contribution < -0.4 is 10.9 Å². The minimum Gasteiger partial charge on any atom is -0.324 e. The van der Waals surface area contributed by atoms with E-state index in [0.717, 1.165) is 23.1 Å². The number of anilines is 1. The molecule has 0 unspecified atom stereocenters. The van der Waals surface area contributed by atoms with Crippen molar-refractivity contribution in [2.24, 2.45) is 0 Å². The van der Waals surface area contributed by atoms with E-state index in [1.54, 1.807) is 6.07 Å². The van der Waals surface area contributed by atoms with Crippen LogP contribution in [0, 0.1) is 0 Å². The lowest BCUT2D eigenvalue weighted by molar-refractivity contribution is -0.117. The molecule has 1 amide bonds. The smallest absolute Gasteiger partial charge is 0.267 e. The molecule has 1 aliphatic rings. The summed E-state index contributed by atoms with van der Waals surface area (Å²) in [5.74, 6) is -0.435. The minimum atomic E-state index is -3.50. The third-order valence-electron chi connectivity index (χ3n) is 5.07. The highest BCUT2D eigenvalue weighted by atomic mass is 32.2. The second kappa shape index (κ2) is 8.83. The quantitative estimate of drug-likeness (QED) is 0.637. The molecule has 0 saturated carbocycles. The number of rotatable bonds is 6. The number of amides is 1. The first-order valence-electron chi connectivity index (χ1n) is 9.97. The summed E-state index contributed by atoms with van der Waals surface area (Å²) >= 11 is 0. The molecule has 0 radical (unpaired) electrons. The number of sulfonamides is 1. The minimum absolute atomic E-state index is 0.195. The van der Waals surface area contributed by atoms with Crippen LogP contribution in [0.15, 0.2) is 76.4 Å². The Bertz CT molecular complexity index is 1230. The van der Waals surface area contributed by atoms with Gasteiger partial charge in [-0.2, -0.15) is 9.40 Å². The van der Waals surface area contributed by atoms with E-state index in [-0.39, 0.29) is 17.0 Å². The monoisotopic (exact) mass is 438 g/mol. The zero-order valence-electron chi connectivity index (χ0n) is 16.8. The van der Waals surface area contributed by atoms with Crippen molar-refractivity contribution in [1.82, 2.24) is 14.1 Å². The van der Waals surface area contributed by atoms with Gasteiger partial charge < -0.3 is 5.32 Å². The molecular formula is C22H22N4O4S. The molecule has 31 heavy (non-hydrogen) atoms. The number of carbonyl (C=O) groups is 1. The maximum atomic E-state index is 12.6. The molecule has 0 aliphatic carbocycles. The van der Waals surface area contributed by atoms with Crippen LogP contribution in [0.1, 0.15) is 12.8 Å². The first kappa shape index (κ1) is 21.0. The molecule has 2 heterocycles. The summed E-state index contributed by atoms with van der Waals surface area (Å²) in [6.45, 7) is 0.808. The molecule has 1 aliphatic heterocycles. The molecule has 2 aromatic carbocycles. The van der Waals surface area contributed by atoms with Crippen molar-refractivity contribution in [3.63, 3.8) is 0 Å². The van der Waals surface area contributed by atoms with Crippen molar-refractivity contribution in [2.45, 2.75) is 24.3 Å². The molecule has 8 nitrogen and oxygen atoms in total. The first-order chi connectivity index (χ1) is 14.9. The van der Waals surface area contributed by atoms with Crippen molar-refractivity contribution in [1.29, 1.82) is 0 Å². The number of hydrogen-bond acceptors (Lipinski definition) is 5. The predicted octanol–water partition coefficient (Wildman–Crippen LogP) is 2.33. The van der Waals surface area contributed by atoms with E-state index in [2.05, 4.69) is 10.4 Å². The number of hydrogen-bond donors (Lipinski definition) is 1. The van der Waals surface area contributed by atoms with Gasteiger partial charge in [0.25, 0.3) is 5.56 Å². The highest BCUT2D eigenvalue weighted by molar-refractivity contribution is 7.89. The number of benzene rings is 2. The van der Waals surface area contributed by atoms with Gasteiger partial charge in [-0.1, -0.05) is 30.3 Å². The molecule has 0 spiro atoms. The molecule has 1 fully saturated rings. The van der Waals surface area contributed by atoms with Gasteiger partial charge in [0.2, 0.25) is 15.9 Å². The van der Waals surface area contributed by atoms with E-state index in [1.165, 1.54) is 34.6 Å². The van der Waals surface area contributed by atoms with E-state index in [1.807, 2.05) is 30.3 Å². The number of carbonyl (C=O) groups excluding carboxylic acids is 1. The predicted molar refractivity (Wildman–Crippen MR) is 117 cm³/mol. The highest BCUT2D eigenvalue weighted by Crippen LogP contribution is 2.22. The number of nitrogens with zero attached hydrogens (tertiary/aromatic N) is 3. The van der Waals surface area contributed by atoms with Crippen molar-refractivity contribution in [3.8, 4) is 11.3 Å². The van der Waals surface area contributed by atoms with Gasteiger partial charge in [-0.3, -0.25) is 9.59 Å². The summed E-state index contributed by atoms with van der Waals surface area (Å²) < 4.78 is 27.7. The average Bonchev–Trinajstić information content (AvgIpc) is 3.32. The van der Waals surface area contributed by atoms with Crippen LogP contribution in [-0.4, -0.2) is 41.5 Å². The van der Waals surface area contributed by atoms with Crippen LogP contribution in [0.5, 0.6) is 0 Å². The summed E-state index contributed by atoms with van der Waals surface area (Å²) in [5.41, 5.74) is 1.48. The van der Waals surface area contributed by atoms with Crippen LogP contribution >= 0.6 is 0 Å². The Hall–Kier alpha value is -3.30. The lowest BCUT2D eigenvalue weighted by Gasteiger charge is -2.15. The Kier molecular flexibility index (Phi) is 5.97. The maximum Gasteiger partial charge on any atom is 0.267 e. The molecule has 0 atom stereocenters. The average molecular weight is 439 g/mol. The topological polar surface area (TPSA) is 101 Å². The number of aromatic nitrogens is 2. The van der Waals surface area contributed by atoms with Crippen molar-refractivity contribution in [3.05, 3.63) is 77.1 Å². The van der Waals surface area contributed by atoms with Crippen LogP contribution in [0.25, 0.3) is 11.3 Å². The zero-order valence-corrected chi connectivity index (χ0v) is 17.6. The molecule has 1 aromatic heterocycles. The second-order valence-corrected chi connectivity index (χ2v) is 9.20. The molecule has 9 heteroatoms. The van der Waals surface area contributed by atoms with Crippen molar-refractivity contribution in [2.75, 3.05) is 18.4 Å². The van der Waals surface area contributed by atoms with Crippen molar-refractivity contribution >= 4 is 21.6 Å². The summed E-state index contributed by atoms with van der Waals surface area (Å²) in [4.78, 5) is 24.8. The molecule has 3 aromatic rings. The largest absolute Gasteiger partial charge is 0.324 e. The zero-order chi connectivity index (χ0) is 21.8. The molecule has 1 N–H and O–H groups in total. The summed E-state index contributed by atoms with van der Waals surface area (Å²) in [6, 6.07) is 18.4. The van der Waals surface area contributed by atoms with Crippen LogP contribution in [0.3, 0.4) is 0 Å².